The zero-order chi connectivity index (χ0) is 20.1. The molecule has 1 aromatic heterocycles. The molecule has 0 saturated heterocycles. The number of rotatable bonds is 7. The summed E-state index contributed by atoms with van der Waals surface area (Å²) in [6, 6.07) is 15.6. The van der Waals surface area contributed by atoms with E-state index in [4.69, 9.17) is 17.0 Å². The van der Waals surface area contributed by atoms with E-state index in [1.54, 1.807) is 11.7 Å². The van der Waals surface area contributed by atoms with Gasteiger partial charge in [0.15, 0.2) is 10.6 Å². The van der Waals surface area contributed by atoms with E-state index in [0.717, 1.165) is 28.9 Å². The minimum absolute atomic E-state index is 0.0816. The van der Waals surface area contributed by atoms with E-state index in [0.29, 0.717) is 10.6 Å². The number of nitrogens with zero attached hydrogens (tertiary/aromatic N) is 2. The van der Waals surface area contributed by atoms with Crippen molar-refractivity contribution in [2.75, 3.05) is 7.11 Å². The lowest BCUT2D eigenvalue weighted by molar-refractivity contribution is -0.122. The SMILES string of the molecule is CC[C@H](NC(=O)Cn1c(-c2cccc(C)c2)n[nH]c1=S)c1ccc(OC)cc1. The van der Waals surface area contributed by atoms with Gasteiger partial charge in [-0.05, 0) is 49.3 Å². The van der Waals surface area contributed by atoms with Crippen LogP contribution in [0.3, 0.4) is 0 Å². The Hall–Kier alpha value is -2.93. The summed E-state index contributed by atoms with van der Waals surface area (Å²) in [5.74, 6) is 1.33. The second-order valence-electron chi connectivity index (χ2n) is 6.61. The second-order valence-corrected chi connectivity index (χ2v) is 7.00. The van der Waals surface area contributed by atoms with Gasteiger partial charge in [0.2, 0.25) is 5.91 Å². The molecular weight excluding hydrogens is 372 g/mol. The Balaban J connectivity index is 1.77. The minimum Gasteiger partial charge on any atom is -0.497 e. The Kier molecular flexibility index (Phi) is 6.26. The number of aromatic nitrogens is 3. The number of aryl methyl sites for hydroxylation is 1. The van der Waals surface area contributed by atoms with Crippen LogP contribution in [0.4, 0.5) is 0 Å². The molecule has 6 nitrogen and oxygen atoms in total. The minimum atomic E-state index is -0.117. The predicted molar refractivity (Wildman–Crippen MR) is 112 cm³/mol. The molecule has 0 unspecified atom stereocenters. The van der Waals surface area contributed by atoms with Gasteiger partial charge < -0.3 is 10.1 Å². The maximum Gasteiger partial charge on any atom is 0.240 e. The lowest BCUT2D eigenvalue weighted by Crippen LogP contribution is -2.31. The number of H-pyrrole nitrogens is 1. The average Bonchev–Trinajstić information content (AvgIpc) is 3.06. The molecule has 0 saturated carbocycles. The fourth-order valence-electron chi connectivity index (χ4n) is 3.11. The fraction of sp³-hybridized carbons (Fsp3) is 0.286. The summed E-state index contributed by atoms with van der Waals surface area (Å²) in [6.07, 6.45) is 0.777. The lowest BCUT2D eigenvalue weighted by atomic mass is 10.0. The Labute approximate surface area is 169 Å². The number of hydrogen-bond donors (Lipinski definition) is 2. The standard InChI is InChI=1S/C21H24N4O2S/c1-4-18(15-8-10-17(27-3)11-9-15)22-19(26)13-25-20(23-24-21(25)28)16-7-5-6-14(2)12-16/h5-12,18H,4,13H2,1-3H3,(H,22,26)(H,24,28)/t18-/m0/s1. The van der Waals surface area contributed by atoms with Crippen LogP contribution in [-0.2, 0) is 11.3 Å². The number of carbonyl (C=O) groups excluding carboxylic acids is 1. The Bertz CT molecular complexity index is 1010. The molecule has 7 heteroatoms. The summed E-state index contributed by atoms with van der Waals surface area (Å²) in [6.45, 7) is 4.16. The molecule has 28 heavy (non-hydrogen) atoms. The van der Waals surface area contributed by atoms with Gasteiger partial charge in [-0.15, -0.1) is 0 Å². The van der Waals surface area contributed by atoms with Gasteiger partial charge in [0.25, 0.3) is 0 Å². The molecule has 3 rings (SSSR count). The van der Waals surface area contributed by atoms with Gasteiger partial charge in [-0.1, -0.05) is 42.8 Å². The van der Waals surface area contributed by atoms with Crippen molar-refractivity contribution in [3.63, 3.8) is 0 Å². The highest BCUT2D eigenvalue weighted by molar-refractivity contribution is 7.71. The Morgan fingerprint density at radius 1 is 1.29 bits per heavy atom. The number of hydrogen-bond acceptors (Lipinski definition) is 4. The van der Waals surface area contributed by atoms with Crippen molar-refractivity contribution in [3.05, 3.63) is 64.4 Å². The van der Waals surface area contributed by atoms with E-state index in [-0.39, 0.29) is 18.5 Å². The highest BCUT2D eigenvalue weighted by Crippen LogP contribution is 2.21. The third kappa shape index (κ3) is 4.48. The monoisotopic (exact) mass is 396 g/mol. The lowest BCUT2D eigenvalue weighted by Gasteiger charge is -2.18. The van der Waals surface area contributed by atoms with Gasteiger partial charge in [-0.25, -0.2) is 0 Å². The van der Waals surface area contributed by atoms with Crippen LogP contribution < -0.4 is 10.1 Å². The first-order chi connectivity index (χ1) is 13.5. The first-order valence-corrected chi connectivity index (χ1v) is 9.58. The smallest absolute Gasteiger partial charge is 0.240 e. The molecule has 0 radical (unpaired) electrons. The van der Waals surface area contributed by atoms with Crippen molar-refractivity contribution in [2.45, 2.75) is 32.9 Å². The summed E-state index contributed by atoms with van der Waals surface area (Å²) < 4.78 is 7.34. The van der Waals surface area contributed by atoms with Crippen molar-refractivity contribution in [1.29, 1.82) is 0 Å². The Morgan fingerprint density at radius 2 is 2.04 bits per heavy atom. The van der Waals surface area contributed by atoms with Crippen LogP contribution >= 0.6 is 12.2 Å². The van der Waals surface area contributed by atoms with Crippen LogP contribution in [0.15, 0.2) is 48.5 Å². The molecule has 0 aliphatic rings. The number of methoxy groups -OCH3 is 1. The number of nitrogens with one attached hydrogen (secondary N) is 2. The van der Waals surface area contributed by atoms with Gasteiger partial charge in [0.1, 0.15) is 12.3 Å². The topological polar surface area (TPSA) is 71.9 Å². The van der Waals surface area contributed by atoms with Crippen LogP contribution in [0.2, 0.25) is 0 Å². The van der Waals surface area contributed by atoms with Crippen LogP contribution in [0.25, 0.3) is 11.4 Å². The van der Waals surface area contributed by atoms with Crippen LogP contribution in [0, 0.1) is 11.7 Å². The van der Waals surface area contributed by atoms with Crippen molar-refractivity contribution >= 4 is 18.1 Å². The number of aromatic amines is 1. The van der Waals surface area contributed by atoms with E-state index < -0.39 is 0 Å². The maximum absolute atomic E-state index is 12.7. The zero-order valence-electron chi connectivity index (χ0n) is 16.2. The van der Waals surface area contributed by atoms with E-state index >= 15 is 0 Å². The van der Waals surface area contributed by atoms with Gasteiger partial charge in [-0.3, -0.25) is 14.5 Å². The van der Waals surface area contributed by atoms with E-state index in [1.807, 2.05) is 62.4 Å². The molecule has 1 amide bonds. The van der Waals surface area contributed by atoms with Gasteiger partial charge in [-0.2, -0.15) is 5.10 Å². The average molecular weight is 397 g/mol. The normalized spacial score (nSPS) is 11.8. The first kappa shape index (κ1) is 19.8. The maximum atomic E-state index is 12.7. The Morgan fingerprint density at radius 3 is 2.68 bits per heavy atom. The number of carbonyl (C=O) groups is 1. The summed E-state index contributed by atoms with van der Waals surface area (Å²) in [7, 11) is 1.63. The summed E-state index contributed by atoms with van der Waals surface area (Å²) in [5.41, 5.74) is 3.07. The molecule has 3 aromatic rings. The third-order valence-electron chi connectivity index (χ3n) is 4.60. The molecule has 0 aliphatic heterocycles. The van der Waals surface area contributed by atoms with Crippen molar-refractivity contribution in [1.82, 2.24) is 20.1 Å². The highest BCUT2D eigenvalue weighted by Gasteiger charge is 2.16. The van der Waals surface area contributed by atoms with Crippen molar-refractivity contribution in [3.8, 4) is 17.1 Å². The molecule has 0 fully saturated rings. The number of amides is 1. The zero-order valence-corrected chi connectivity index (χ0v) is 17.0. The van der Waals surface area contributed by atoms with E-state index in [9.17, 15) is 4.79 Å². The number of ether oxygens (including phenoxy) is 1. The highest BCUT2D eigenvalue weighted by atomic mass is 32.1. The summed E-state index contributed by atoms with van der Waals surface area (Å²) in [4.78, 5) is 12.7. The van der Waals surface area contributed by atoms with E-state index in [2.05, 4.69) is 15.5 Å². The molecule has 1 heterocycles. The molecule has 2 N–H and O–H groups in total. The van der Waals surface area contributed by atoms with Crippen LogP contribution in [-0.4, -0.2) is 27.8 Å². The first-order valence-electron chi connectivity index (χ1n) is 9.17. The molecular formula is C21H24N4O2S. The molecule has 1 atom stereocenters. The molecule has 2 aromatic carbocycles. The summed E-state index contributed by atoms with van der Waals surface area (Å²) in [5, 5.41) is 10.2. The van der Waals surface area contributed by atoms with Gasteiger partial charge >= 0.3 is 0 Å². The van der Waals surface area contributed by atoms with Crippen molar-refractivity contribution < 1.29 is 9.53 Å². The molecule has 0 aliphatic carbocycles. The quantitative estimate of drug-likeness (QED) is 0.588. The number of benzene rings is 2. The molecule has 0 bridgehead atoms. The fourth-order valence-corrected chi connectivity index (χ4v) is 3.31. The van der Waals surface area contributed by atoms with Crippen molar-refractivity contribution in [2.24, 2.45) is 0 Å². The van der Waals surface area contributed by atoms with Gasteiger partial charge in [0, 0.05) is 5.56 Å². The van der Waals surface area contributed by atoms with Crippen LogP contribution in [0.5, 0.6) is 5.75 Å². The predicted octanol–water partition coefficient (Wildman–Crippen LogP) is 4.19. The molecule has 146 valence electrons. The largest absolute Gasteiger partial charge is 0.497 e. The van der Waals surface area contributed by atoms with E-state index in [1.165, 1.54) is 0 Å². The summed E-state index contributed by atoms with van der Waals surface area (Å²) >= 11 is 5.34. The van der Waals surface area contributed by atoms with Crippen LogP contribution in [0.1, 0.15) is 30.5 Å². The molecule has 0 spiro atoms. The second kappa shape index (κ2) is 8.84. The van der Waals surface area contributed by atoms with Gasteiger partial charge in [0.05, 0.1) is 13.2 Å². The third-order valence-corrected chi connectivity index (χ3v) is 4.91.